The van der Waals surface area contributed by atoms with E-state index in [-0.39, 0.29) is 11.9 Å². The standard InChI is InChI=1S/C10H14INOS/c1-6(2)7(3)12-10(13)8-4-9(11)14-5-8/h4-7H,1-3H3,(H,12,13). The largest absolute Gasteiger partial charge is 0.349 e. The molecule has 1 amide bonds. The summed E-state index contributed by atoms with van der Waals surface area (Å²) >= 11 is 3.81. The van der Waals surface area contributed by atoms with Crippen molar-refractivity contribution < 1.29 is 4.79 Å². The van der Waals surface area contributed by atoms with Gasteiger partial charge in [-0.1, -0.05) is 13.8 Å². The SMILES string of the molecule is CC(C)C(C)NC(=O)c1csc(I)c1. The molecule has 0 aliphatic carbocycles. The van der Waals surface area contributed by atoms with Crippen LogP contribution in [0.2, 0.25) is 0 Å². The Morgan fingerprint density at radius 2 is 2.14 bits per heavy atom. The quantitative estimate of drug-likeness (QED) is 0.851. The molecule has 1 atom stereocenters. The number of hydrogen-bond donors (Lipinski definition) is 1. The van der Waals surface area contributed by atoms with E-state index in [2.05, 4.69) is 41.8 Å². The fraction of sp³-hybridized carbons (Fsp3) is 0.500. The Kier molecular flexibility index (Phi) is 4.37. The molecule has 1 N–H and O–H groups in total. The van der Waals surface area contributed by atoms with E-state index in [0.717, 1.165) is 8.45 Å². The van der Waals surface area contributed by atoms with Gasteiger partial charge in [0.15, 0.2) is 0 Å². The van der Waals surface area contributed by atoms with Crippen molar-refractivity contribution in [3.63, 3.8) is 0 Å². The predicted molar refractivity (Wildman–Crippen MR) is 68.8 cm³/mol. The minimum atomic E-state index is 0.0327. The van der Waals surface area contributed by atoms with E-state index in [0.29, 0.717) is 5.92 Å². The second kappa shape index (κ2) is 5.11. The van der Waals surface area contributed by atoms with Gasteiger partial charge < -0.3 is 5.32 Å². The lowest BCUT2D eigenvalue weighted by atomic mass is 10.1. The molecule has 0 saturated heterocycles. The Hall–Kier alpha value is -0.100. The van der Waals surface area contributed by atoms with Crippen molar-refractivity contribution in [2.24, 2.45) is 5.92 Å². The minimum absolute atomic E-state index is 0.0327. The lowest BCUT2D eigenvalue weighted by Gasteiger charge is -2.16. The van der Waals surface area contributed by atoms with Crippen molar-refractivity contribution in [1.29, 1.82) is 0 Å². The molecule has 4 heteroatoms. The summed E-state index contributed by atoms with van der Waals surface area (Å²) < 4.78 is 1.14. The third kappa shape index (κ3) is 3.24. The van der Waals surface area contributed by atoms with Crippen LogP contribution in [0.25, 0.3) is 0 Å². The monoisotopic (exact) mass is 323 g/mol. The summed E-state index contributed by atoms with van der Waals surface area (Å²) in [5, 5.41) is 4.87. The molecule has 0 spiro atoms. The van der Waals surface area contributed by atoms with E-state index >= 15 is 0 Å². The zero-order chi connectivity index (χ0) is 10.7. The molecule has 0 bridgehead atoms. The first kappa shape index (κ1) is 12.0. The first-order valence-electron chi connectivity index (χ1n) is 4.55. The Labute approximate surface area is 102 Å². The molecule has 0 fully saturated rings. The maximum Gasteiger partial charge on any atom is 0.252 e. The van der Waals surface area contributed by atoms with Gasteiger partial charge in [-0.3, -0.25) is 4.79 Å². The number of thiophene rings is 1. The highest BCUT2D eigenvalue weighted by molar-refractivity contribution is 14.1. The van der Waals surface area contributed by atoms with Gasteiger partial charge in [-0.2, -0.15) is 0 Å². The number of carbonyl (C=O) groups is 1. The topological polar surface area (TPSA) is 29.1 Å². The zero-order valence-corrected chi connectivity index (χ0v) is 11.5. The maximum absolute atomic E-state index is 11.7. The molecule has 0 aliphatic heterocycles. The van der Waals surface area contributed by atoms with E-state index in [1.165, 1.54) is 0 Å². The molecule has 14 heavy (non-hydrogen) atoms. The lowest BCUT2D eigenvalue weighted by molar-refractivity contribution is 0.0931. The number of rotatable bonds is 3. The van der Waals surface area contributed by atoms with Crippen molar-refractivity contribution in [3.8, 4) is 0 Å². The smallest absolute Gasteiger partial charge is 0.252 e. The first-order valence-corrected chi connectivity index (χ1v) is 6.51. The number of halogens is 1. The van der Waals surface area contributed by atoms with Gasteiger partial charge >= 0.3 is 0 Å². The van der Waals surface area contributed by atoms with Crippen molar-refractivity contribution in [3.05, 3.63) is 19.9 Å². The van der Waals surface area contributed by atoms with E-state index in [9.17, 15) is 4.79 Å². The summed E-state index contributed by atoms with van der Waals surface area (Å²) in [5.41, 5.74) is 0.770. The second-order valence-corrected chi connectivity index (χ2v) is 6.45. The Balaban J connectivity index is 2.59. The maximum atomic E-state index is 11.7. The highest BCUT2D eigenvalue weighted by Crippen LogP contribution is 2.16. The Morgan fingerprint density at radius 3 is 2.57 bits per heavy atom. The molecule has 0 radical (unpaired) electrons. The zero-order valence-electron chi connectivity index (χ0n) is 8.50. The van der Waals surface area contributed by atoms with Crippen molar-refractivity contribution >= 4 is 39.8 Å². The summed E-state index contributed by atoms with van der Waals surface area (Å²) in [6, 6.07) is 2.13. The predicted octanol–water partition coefficient (Wildman–Crippen LogP) is 3.13. The van der Waals surface area contributed by atoms with E-state index in [1.807, 2.05) is 18.4 Å². The van der Waals surface area contributed by atoms with Gasteiger partial charge in [0.2, 0.25) is 0 Å². The summed E-state index contributed by atoms with van der Waals surface area (Å²) in [5.74, 6) is 0.502. The average Bonchev–Trinajstić information content (AvgIpc) is 2.51. The number of amides is 1. The van der Waals surface area contributed by atoms with Crippen molar-refractivity contribution in [1.82, 2.24) is 5.32 Å². The molecule has 1 rings (SSSR count). The van der Waals surface area contributed by atoms with Gasteiger partial charge in [-0.15, -0.1) is 11.3 Å². The van der Waals surface area contributed by atoms with Gasteiger partial charge in [0, 0.05) is 11.4 Å². The van der Waals surface area contributed by atoms with Crippen LogP contribution in [0.4, 0.5) is 0 Å². The number of nitrogens with one attached hydrogen (secondary N) is 1. The Morgan fingerprint density at radius 1 is 1.50 bits per heavy atom. The molecule has 78 valence electrons. The molecule has 1 unspecified atom stereocenters. The van der Waals surface area contributed by atoms with Crippen LogP contribution >= 0.6 is 33.9 Å². The number of carbonyl (C=O) groups excluding carboxylic acids is 1. The summed E-state index contributed by atoms with van der Waals surface area (Å²) in [6.45, 7) is 6.23. The van der Waals surface area contributed by atoms with Gasteiger partial charge in [-0.25, -0.2) is 0 Å². The van der Waals surface area contributed by atoms with Gasteiger partial charge in [0.1, 0.15) is 0 Å². The molecular weight excluding hydrogens is 309 g/mol. The van der Waals surface area contributed by atoms with Crippen LogP contribution in [0, 0.1) is 8.80 Å². The van der Waals surface area contributed by atoms with Crippen LogP contribution in [0.5, 0.6) is 0 Å². The molecule has 2 nitrogen and oxygen atoms in total. The number of hydrogen-bond acceptors (Lipinski definition) is 2. The summed E-state index contributed by atoms with van der Waals surface area (Å²) in [6.07, 6.45) is 0. The molecule has 1 aromatic heterocycles. The third-order valence-electron chi connectivity index (χ3n) is 2.19. The highest BCUT2D eigenvalue weighted by Gasteiger charge is 2.13. The fourth-order valence-electron chi connectivity index (χ4n) is 0.886. The first-order chi connectivity index (χ1) is 6.50. The van der Waals surface area contributed by atoms with Crippen LogP contribution < -0.4 is 5.32 Å². The molecule has 1 heterocycles. The summed E-state index contributed by atoms with van der Waals surface area (Å²) in [4.78, 5) is 11.7. The van der Waals surface area contributed by atoms with Gasteiger partial charge in [0.25, 0.3) is 5.91 Å². The average molecular weight is 323 g/mol. The Bertz CT molecular complexity index is 322. The fourth-order valence-corrected chi connectivity index (χ4v) is 2.21. The highest BCUT2D eigenvalue weighted by atomic mass is 127. The van der Waals surface area contributed by atoms with Crippen molar-refractivity contribution in [2.45, 2.75) is 26.8 Å². The molecular formula is C10H14INOS. The molecule has 1 aromatic rings. The van der Waals surface area contributed by atoms with Gasteiger partial charge in [-0.05, 0) is 41.5 Å². The van der Waals surface area contributed by atoms with E-state index in [1.54, 1.807) is 11.3 Å². The van der Waals surface area contributed by atoms with Crippen molar-refractivity contribution in [2.75, 3.05) is 0 Å². The van der Waals surface area contributed by atoms with Gasteiger partial charge in [0.05, 0.1) is 8.45 Å². The minimum Gasteiger partial charge on any atom is -0.349 e. The van der Waals surface area contributed by atoms with E-state index in [4.69, 9.17) is 0 Å². The third-order valence-corrected chi connectivity index (χ3v) is 3.98. The van der Waals surface area contributed by atoms with Crippen LogP contribution in [0.1, 0.15) is 31.1 Å². The molecule has 0 aromatic carbocycles. The lowest BCUT2D eigenvalue weighted by Crippen LogP contribution is -2.35. The van der Waals surface area contributed by atoms with Crippen LogP contribution in [0.3, 0.4) is 0 Å². The molecule has 0 saturated carbocycles. The summed E-state index contributed by atoms with van der Waals surface area (Å²) in [7, 11) is 0. The van der Waals surface area contributed by atoms with Crippen LogP contribution in [0.15, 0.2) is 11.4 Å². The van der Waals surface area contributed by atoms with Crippen LogP contribution in [-0.4, -0.2) is 11.9 Å². The normalized spacial score (nSPS) is 12.9. The second-order valence-electron chi connectivity index (χ2n) is 3.65. The van der Waals surface area contributed by atoms with Crippen LogP contribution in [-0.2, 0) is 0 Å². The molecule has 0 aliphatic rings. The van der Waals surface area contributed by atoms with E-state index < -0.39 is 0 Å².